The third kappa shape index (κ3) is 2.84. The van der Waals surface area contributed by atoms with Crippen molar-refractivity contribution in [2.45, 2.75) is 6.04 Å². The Hall–Kier alpha value is -0.840. The molecule has 0 saturated carbocycles. The van der Waals surface area contributed by atoms with Crippen molar-refractivity contribution in [2.24, 2.45) is 5.73 Å². The first kappa shape index (κ1) is 12.2. The van der Waals surface area contributed by atoms with Crippen molar-refractivity contribution < 1.29 is 14.6 Å². The fraction of sp³-hybridized carbons (Fsp3) is 0.250. The minimum absolute atomic E-state index is 0. The lowest BCUT2D eigenvalue weighted by Crippen LogP contribution is -2.15. The number of aliphatic hydroxyl groups is 1. The summed E-state index contributed by atoms with van der Waals surface area (Å²) < 4.78 is 12.9. The highest BCUT2D eigenvalue weighted by Crippen LogP contribution is 2.19. The number of hydrogen-bond acceptors (Lipinski definition) is 3. The number of nitrogens with two attached hydrogens (primary N) is 1. The van der Waals surface area contributed by atoms with E-state index >= 15 is 0 Å². The molecule has 0 aliphatic heterocycles. The first-order chi connectivity index (χ1) is 5.65. The quantitative estimate of drug-likeness (QED) is 0.677. The average Bonchev–Trinajstić information content (AvgIpc) is 2.03. The van der Waals surface area contributed by atoms with Gasteiger partial charge in [-0.25, -0.2) is 4.39 Å². The minimum atomic E-state index is -0.731. The molecule has 3 nitrogen and oxygen atoms in total. The summed E-state index contributed by atoms with van der Waals surface area (Å²) in [4.78, 5) is 0. The van der Waals surface area contributed by atoms with E-state index in [1.54, 1.807) is 0 Å². The molecule has 0 aliphatic carbocycles. The Morgan fingerprint density at radius 1 is 1.46 bits per heavy atom. The lowest BCUT2D eigenvalue weighted by Gasteiger charge is -2.09. The van der Waals surface area contributed by atoms with Crippen LogP contribution in [0.3, 0.4) is 0 Å². The zero-order chi connectivity index (χ0) is 9.14. The Bertz CT molecular complexity index is 283. The highest BCUT2D eigenvalue weighted by atomic mass is 35.5. The van der Waals surface area contributed by atoms with Gasteiger partial charge in [0.25, 0.3) is 0 Å². The molecule has 1 atom stereocenters. The van der Waals surface area contributed by atoms with Gasteiger partial charge < -0.3 is 15.9 Å². The van der Waals surface area contributed by atoms with E-state index in [9.17, 15) is 4.39 Å². The Morgan fingerprint density at radius 3 is 2.54 bits per heavy atom. The van der Waals surface area contributed by atoms with Crippen LogP contribution in [0.2, 0.25) is 0 Å². The van der Waals surface area contributed by atoms with E-state index in [0.29, 0.717) is 0 Å². The van der Waals surface area contributed by atoms with E-state index < -0.39 is 11.9 Å². The number of phenols is 1. The van der Waals surface area contributed by atoms with E-state index in [1.165, 1.54) is 12.1 Å². The first-order valence-electron chi connectivity index (χ1n) is 3.50. The molecule has 13 heavy (non-hydrogen) atoms. The number of hydrogen-bond donors (Lipinski definition) is 3. The molecule has 74 valence electrons. The van der Waals surface area contributed by atoms with Gasteiger partial charge in [-0.15, -0.1) is 12.4 Å². The molecule has 0 unspecified atom stereocenters. The van der Waals surface area contributed by atoms with Gasteiger partial charge in [0, 0.05) is 11.6 Å². The van der Waals surface area contributed by atoms with Crippen LogP contribution in [0.15, 0.2) is 18.2 Å². The van der Waals surface area contributed by atoms with E-state index in [-0.39, 0.29) is 30.3 Å². The topological polar surface area (TPSA) is 66.5 Å². The van der Waals surface area contributed by atoms with E-state index in [2.05, 4.69) is 0 Å². The summed E-state index contributed by atoms with van der Waals surface area (Å²) in [6, 6.07) is 2.91. The lowest BCUT2D eigenvalue weighted by atomic mass is 10.1. The fourth-order valence-corrected chi connectivity index (χ4v) is 0.915. The van der Waals surface area contributed by atoms with Gasteiger partial charge in [-0.1, -0.05) is 6.07 Å². The largest absolute Gasteiger partial charge is 0.508 e. The summed E-state index contributed by atoms with van der Waals surface area (Å²) in [5.74, 6) is -0.752. The predicted molar refractivity (Wildman–Crippen MR) is 49.3 cm³/mol. The van der Waals surface area contributed by atoms with Crippen molar-refractivity contribution in [2.75, 3.05) is 6.61 Å². The second-order valence-electron chi connectivity index (χ2n) is 2.49. The fourth-order valence-electron chi connectivity index (χ4n) is 0.915. The summed E-state index contributed by atoms with van der Waals surface area (Å²) >= 11 is 0. The monoisotopic (exact) mass is 207 g/mol. The van der Waals surface area contributed by atoms with Crippen LogP contribution in [0, 0.1) is 5.82 Å². The highest BCUT2D eigenvalue weighted by Gasteiger charge is 2.09. The zero-order valence-electron chi connectivity index (χ0n) is 6.77. The number of benzene rings is 1. The van der Waals surface area contributed by atoms with Crippen LogP contribution in [-0.2, 0) is 0 Å². The molecule has 0 radical (unpaired) electrons. The summed E-state index contributed by atoms with van der Waals surface area (Å²) in [6.07, 6.45) is 0. The van der Waals surface area contributed by atoms with Crippen LogP contribution in [0.5, 0.6) is 5.75 Å². The SMILES string of the molecule is Cl.N[C@@H](CO)c1ccc(O)cc1F. The predicted octanol–water partition coefficient (Wildman–Crippen LogP) is 0.945. The third-order valence-corrected chi connectivity index (χ3v) is 1.58. The molecule has 0 aliphatic rings. The number of aliphatic hydroxyl groups excluding tert-OH is 1. The van der Waals surface area contributed by atoms with Gasteiger partial charge in [-0.2, -0.15) is 0 Å². The van der Waals surface area contributed by atoms with Gasteiger partial charge in [0.05, 0.1) is 12.6 Å². The number of rotatable bonds is 2. The maximum atomic E-state index is 12.9. The molecular weight excluding hydrogens is 197 g/mol. The molecule has 0 amide bonds. The molecule has 0 saturated heterocycles. The van der Waals surface area contributed by atoms with E-state index in [0.717, 1.165) is 6.07 Å². The molecular formula is C8H11ClFNO2. The summed E-state index contributed by atoms with van der Waals surface area (Å²) in [5.41, 5.74) is 5.58. The number of aromatic hydroxyl groups is 1. The van der Waals surface area contributed by atoms with Crippen molar-refractivity contribution in [1.82, 2.24) is 0 Å². The van der Waals surface area contributed by atoms with Crippen molar-refractivity contribution >= 4 is 12.4 Å². The van der Waals surface area contributed by atoms with E-state index in [1.807, 2.05) is 0 Å². The molecule has 4 N–H and O–H groups in total. The van der Waals surface area contributed by atoms with Gasteiger partial charge in [0.2, 0.25) is 0 Å². The lowest BCUT2D eigenvalue weighted by molar-refractivity contribution is 0.265. The standard InChI is InChI=1S/C8H10FNO2.ClH/c9-7-3-5(12)1-2-6(7)8(10)4-11;/h1-3,8,11-12H,4,10H2;1H/t8-;/m0./s1. The van der Waals surface area contributed by atoms with E-state index in [4.69, 9.17) is 15.9 Å². The molecule has 0 heterocycles. The van der Waals surface area contributed by atoms with Gasteiger partial charge in [0.15, 0.2) is 0 Å². The summed E-state index contributed by atoms with van der Waals surface area (Å²) in [5, 5.41) is 17.5. The molecule has 0 spiro atoms. The summed E-state index contributed by atoms with van der Waals surface area (Å²) in [6.45, 7) is -0.318. The van der Waals surface area contributed by atoms with Crippen LogP contribution >= 0.6 is 12.4 Å². The van der Waals surface area contributed by atoms with Crippen LogP contribution in [-0.4, -0.2) is 16.8 Å². The van der Waals surface area contributed by atoms with Gasteiger partial charge >= 0.3 is 0 Å². The van der Waals surface area contributed by atoms with Crippen molar-refractivity contribution in [1.29, 1.82) is 0 Å². The van der Waals surface area contributed by atoms with Crippen LogP contribution in [0.25, 0.3) is 0 Å². The molecule has 0 bridgehead atoms. The Balaban J connectivity index is 0.00000144. The van der Waals surface area contributed by atoms with Crippen molar-refractivity contribution in [3.8, 4) is 5.75 Å². The van der Waals surface area contributed by atoms with Crippen LogP contribution < -0.4 is 5.73 Å². The first-order valence-corrected chi connectivity index (χ1v) is 3.50. The van der Waals surface area contributed by atoms with Crippen molar-refractivity contribution in [3.63, 3.8) is 0 Å². The zero-order valence-corrected chi connectivity index (χ0v) is 7.59. The second kappa shape index (κ2) is 5.01. The van der Waals surface area contributed by atoms with Gasteiger partial charge in [0.1, 0.15) is 11.6 Å². The third-order valence-electron chi connectivity index (χ3n) is 1.58. The van der Waals surface area contributed by atoms with Gasteiger partial charge in [-0.3, -0.25) is 0 Å². The Kier molecular flexibility index (Phi) is 4.69. The highest BCUT2D eigenvalue weighted by molar-refractivity contribution is 5.85. The molecule has 0 aromatic heterocycles. The Morgan fingerprint density at radius 2 is 2.08 bits per heavy atom. The van der Waals surface area contributed by atoms with Crippen LogP contribution in [0.4, 0.5) is 4.39 Å². The van der Waals surface area contributed by atoms with Gasteiger partial charge in [-0.05, 0) is 6.07 Å². The smallest absolute Gasteiger partial charge is 0.131 e. The average molecular weight is 208 g/mol. The number of phenolic OH excluding ortho intramolecular Hbond substituents is 1. The van der Waals surface area contributed by atoms with Crippen LogP contribution in [0.1, 0.15) is 11.6 Å². The second-order valence-corrected chi connectivity index (χ2v) is 2.49. The molecule has 5 heteroatoms. The minimum Gasteiger partial charge on any atom is -0.508 e. The maximum Gasteiger partial charge on any atom is 0.131 e. The normalized spacial score (nSPS) is 11.9. The molecule has 0 fully saturated rings. The maximum absolute atomic E-state index is 12.9. The number of halogens is 2. The molecule has 1 aromatic carbocycles. The van der Waals surface area contributed by atoms with Crippen molar-refractivity contribution in [3.05, 3.63) is 29.6 Å². The summed E-state index contributed by atoms with van der Waals surface area (Å²) in [7, 11) is 0. The molecule has 1 rings (SSSR count). The Labute approximate surface area is 81.4 Å². The molecule has 1 aromatic rings.